The summed E-state index contributed by atoms with van der Waals surface area (Å²) in [4.78, 5) is 11.9. The van der Waals surface area contributed by atoms with E-state index in [1.807, 2.05) is 0 Å². The fourth-order valence-corrected chi connectivity index (χ4v) is 2.22. The number of phenolic OH excluding ortho intramolecular Hbond substituents is 1. The van der Waals surface area contributed by atoms with E-state index >= 15 is 0 Å². The molecule has 0 aliphatic rings. The number of aromatic hydroxyl groups is 1. The molecule has 0 spiro atoms. The maximum absolute atomic E-state index is 11.9. The molecule has 3 nitrogen and oxygen atoms in total. The molecule has 0 aliphatic carbocycles. The lowest BCUT2D eigenvalue weighted by Gasteiger charge is -2.15. The number of para-hydroxylation sites is 1. The summed E-state index contributed by atoms with van der Waals surface area (Å²) in [5.41, 5.74) is 0.318. The molecule has 0 aromatic heterocycles. The summed E-state index contributed by atoms with van der Waals surface area (Å²) < 4.78 is 0. The summed E-state index contributed by atoms with van der Waals surface area (Å²) >= 11 is 5.74. The monoisotopic (exact) mass is 269 g/mol. The summed E-state index contributed by atoms with van der Waals surface area (Å²) in [6.45, 7) is 2.72. The Hall–Kier alpha value is -1.22. The van der Waals surface area contributed by atoms with Gasteiger partial charge in [0.15, 0.2) is 0 Å². The van der Waals surface area contributed by atoms with Crippen LogP contribution in [0.25, 0.3) is 0 Å². The normalized spacial score (nSPS) is 12.1. The van der Waals surface area contributed by atoms with Crippen molar-refractivity contribution in [3.8, 4) is 5.75 Å². The lowest BCUT2D eigenvalue weighted by atomic mass is 10.0. The Morgan fingerprint density at radius 1 is 1.39 bits per heavy atom. The highest BCUT2D eigenvalue weighted by atomic mass is 35.5. The number of carbonyl (C=O) groups excluding carboxylic acids is 1. The highest BCUT2D eigenvalue weighted by molar-refractivity contribution is 6.17. The summed E-state index contributed by atoms with van der Waals surface area (Å²) in [7, 11) is 0. The van der Waals surface area contributed by atoms with Gasteiger partial charge in [0.2, 0.25) is 0 Å². The van der Waals surface area contributed by atoms with Gasteiger partial charge in [-0.1, -0.05) is 25.5 Å². The number of amides is 1. The second-order valence-electron chi connectivity index (χ2n) is 4.36. The molecule has 0 saturated carbocycles. The van der Waals surface area contributed by atoms with E-state index in [9.17, 15) is 9.90 Å². The van der Waals surface area contributed by atoms with Gasteiger partial charge in [0, 0.05) is 12.4 Å². The molecule has 0 fully saturated rings. The van der Waals surface area contributed by atoms with E-state index in [1.165, 1.54) is 6.07 Å². The number of halogens is 1. The first-order valence-corrected chi connectivity index (χ1v) is 6.84. The van der Waals surface area contributed by atoms with Gasteiger partial charge in [0.1, 0.15) is 5.75 Å². The zero-order valence-corrected chi connectivity index (χ0v) is 11.4. The zero-order valence-electron chi connectivity index (χ0n) is 10.7. The number of rotatable bonds is 7. The Labute approximate surface area is 113 Å². The Kier molecular flexibility index (Phi) is 6.58. The molecular formula is C14H20ClNO2. The largest absolute Gasteiger partial charge is 0.507 e. The Balaban J connectivity index is 2.52. The van der Waals surface area contributed by atoms with Crippen LogP contribution in [0.2, 0.25) is 0 Å². The predicted octanol–water partition coefficient (Wildman–Crippen LogP) is 3.17. The molecule has 4 heteroatoms. The van der Waals surface area contributed by atoms with Gasteiger partial charge in [-0.05, 0) is 30.9 Å². The third kappa shape index (κ3) is 4.57. The number of phenols is 1. The van der Waals surface area contributed by atoms with Gasteiger partial charge in [-0.25, -0.2) is 0 Å². The molecule has 18 heavy (non-hydrogen) atoms. The summed E-state index contributed by atoms with van der Waals surface area (Å²) in [5.74, 6) is 0.794. The first-order valence-electron chi connectivity index (χ1n) is 6.31. The highest BCUT2D eigenvalue weighted by Gasteiger charge is 2.12. The van der Waals surface area contributed by atoms with Gasteiger partial charge in [-0.2, -0.15) is 0 Å². The summed E-state index contributed by atoms with van der Waals surface area (Å²) in [6.07, 6.45) is 3.03. The lowest BCUT2D eigenvalue weighted by molar-refractivity contribution is 0.0943. The molecule has 0 saturated heterocycles. The third-order valence-corrected chi connectivity index (χ3v) is 3.13. The molecule has 100 valence electrons. The molecule has 2 N–H and O–H groups in total. The number of alkyl halides is 1. The van der Waals surface area contributed by atoms with Crippen LogP contribution >= 0.6 is 11.6 Å². The number of benzene rings is 1. The van der Waals surface area contributed by atoms with E-state index in [0.29, 0.717) is 23.9 Å². The first-order chi connectivity index (χ1) is 8.69. The van der Waals surface area contributed by atoms with Crippen LogP contribution in [-0.2, 0) is 0 Å². The van der Waals surface area contributed by atoms with Gasteiger partial charge >= 0.3 is 0 Å². The van der Waals surface area contributed by atoms with E-state index in [4.69, 9.17) is 11.6 Å². The van der Waals surface area contributed by atoms with Crippen LogP contribution in [0.15, 0.2) is 24.3 Å². The van der Waals surface area contributed by atoms with E-state index in [-0.39, 0.29) is 11.7 Å². The SMILES string of the molecule is CCCC(CCCl)CNC(=O)c1ccccc1O. The van der Waals surface area contributed by atoms with Gasteiger partial charge < -0.3 is 10.4 Å². The van der Waals surface area contributed by atoms with Crippen molar-refractivity contribution in [1.29, 1.82) is 0 Å². The standard InChI is InChI=1S/C14H20ClNO2/c1-2-5-11(8-9-15)10-16-14(18)12-6-3-4-7-13(12)17/h3-4,6-7,11,17H,2,5,8-10H2,1H3,(H,16,18). The van der Waals surface area contributed by atoms with Crippen molar-refractivity contribution in [3.05, 3.63) is 29.8 Å². The summed E-state index contributed by atoms with van der Waals surface area (Å²) in [5, 5.41) is 12.4. The minimum absolute atomic E-state index is 0.0133. The molecule has 1 unspecified atom stereocenters. The van der Waals surface area contributed by atoms with E-state index in [0.717, 1.165) is 19.3 Å². The molecular weight excluding hydrogens is 250 g/mol. The third-order valence-electron chi connectivity index (χ3n) is 2.91. The molecule has 1 atom stereocenters. The second kappa shape index (κ2) is 7.98. The van der Waals surface area contributed by atoms with E-state index in [2.05, 4.69) is 12.2 Å². The van der Waals surface area contributed by atoms with Crippen LogP contribution in [0.1, 0.15) is 36.5 Å². The molecule has 1 aromatic rings. The van der Waals surface area contributed by atoms with Gasteiger partial charge in [0.25, 0.3) is 5.91 Å². The van der Waals surface area contributed by atoms with Crippen molar-refractivity contribution in [1.82, 2.24) is 5.32 Å². The van der Waals surface area contributed by atoms with Crippen LogP contribution in [0.3, 0.4) is 0 Å². The van der Waals surface area contributed by atoms with Crippen molar-refractivity contribution in [3.63, 3.8) is 0 Å². The van der Waals surface area contributed by atoms with Gasteiger partial charge in [0.05, 0.1) is 5.56 Å². The average molecular weight is 270 g/mol. The van der Waals surface area contributed by atoms with E-state index in [1.54, 1.807) is 18.2 Å². The smallest absolute Gasteiger partial charge is 0.255 e. The van der Waals surface area contributed by atoms with Crippen LogP contribution in [0.5, 0.6) is 5.75 Å². The molecule has 0 radical (unpaired) electrons. The Morgan fingerprint density at radius 3 is 2.72 bits per heavy atom. The Morgan fingerprint density at radius 2 is 2.11 bits per heavy atom. The number of carbonyl (C=O) groups is 1. The lowest BCUT2D eigenvalue weighted by Crippen LogP contribution is -2.29. The average Bonchev–Trinajstić information content (AvgIpc) is 2.36. The van der Waals surface area contributed by atoms with Crippen molar-refractivity contribution in [2.24, 2.45) is 5.92 Å². The zero-order chi connectivity index (χ0) is 13.4. The molecule has 0 bridgehead atoms. The Bertz CT molecular complexity index is 376. The molecule has 0 aliphatic heterocycles. The van der Waals surface area contributed by atoms with Gasteiger partial charge in [-0.15, -0.1) is 11.6 Å². The number of nitrogens with one attached hydrogen (secondary N) is 1. The quantitative estimate of drug-likeness (QED) is 0.747. The van der Waals surface area contributed by atoms with E-state index < -0.39 is 0 Å². The van der Waals surface area contributed by atoms with Crippen LogP contribution < -0.4 is 5.32 Å². The van der Waals surface area contributed by atoms with Gasteiger partial charge in [-0.3, -0.25) is 4.79 Å². The highest BCUT2D eigenvalue weighted by Crippen LogP contribution is 2.16. The van der Waals surface area contributed by atoms with Crippen LogP contribution in [0, 0.1) is 5.92 Å². The van der Waals surface area contributed by atoms with Crippen molar-refractivity contribution in [2.45, 2.75) is 26.2 Å². The second-order valence-corrected chi connectivity index (χ2v) is 4.74. The molecule has 1 amide bonds. The first kappa shape index (κ1) is 14.8. The number of hydrogen-bond donors (Lipinski definition) is 2. The predicted molar refractivity (Wildman–Crippen MR) is 74.2 cm³/mol. The molecule has 1 aromatic carbocycles. The minimum Gasteiger partial charge on any atom is -0.507 e. The number of hydrogen-bond acceptors (Lipinski definition) is 2. The minimum atomic E-state index is -0.233. The maximum Gasteiger partial charge on any atom is 0.255 e. The molecule has 0 heterocycles. The summed E-state index contributed by atoms with van der Waals surface area (Å²) in [6, 6.07) is 6.55. The van der Waals surface area contributed by atoms with Crippen LogP contribution in [-0.4, -0.2) is 23.4 Å². The fourth-order valence-electron chi connectivity index (χ4n) is 1.91. The van der Waals surface area contributed by atoms with Crippen LogP contribution in [0.4, 0.5) is 0 Å². The van der Waals surface area contributed by atoms with Crippen molar-refractivity contribution < 1.29 is 9.90 Å². The van der Waals surface area contributed by atoms with Crippen molar-refractivity contribution >= 4 is 17.5 Å². The maximum atomic E-state index is 11.9. The van der Waals surface area contributed by atoms with Crippen molar-refractivity contribution in [2.75, 3.05) is 12.4 Å². The fraction of sp³-hybridized carbons (Fsp3) is 0.500. The molecule has 1 rings (SSSR count). The topological polar surface area (TPSA) is 49.3 Å².